The van der Waals surface area contributed by atoms with Gasteiger partial charge in [0, 0.05) is 26.2 Å². The number of piperazine rings is 1. The number of nitrogens with zero attached hydrogens (tertiary/aromatic N) is 2. The topological polar surface area (TPSA) is 66.6 Å². The number of unbranched alkanes of at least 4 members (excludes halogenated alkanes) is 1. The molecule has 132 valence electrons. The molecule has 2 N–H and O–H groups in total. The van der Waals surface area contributed by atoms with Gasteiger partial charge < -0.3 is 10.6 Å². The molecule has 0 saturated carbocycles. The van der Waals surface area contributed by atoms with Gasteiger partial charge in [0.25, 0.3) is 0 Å². The molecule has 0 spiro atoms. The minimum atomic E-state index is -0.772. The van der Waals surface area contributed by atoms with Gasteiger partial charge in [-0.3, -0.25) is 14.5 Å². The van der Waals surface area contributed by atoms with Gasteiger partial charge in [0.15, 0.2) is 0 Å². The number of nitrogens with two attached hydrogens (primary N) is 1. The molecule has 1 aliphatic rings. The van der Waals surface area contributed by atoms with Gasteiger partial charge in [0.1, 0.15) is 5.54 Å². The van der Waals surface area contributed by atoms with Gasteiger partial charge >= 0.3 is 0 Å². The molecule has 1 aliphatic heterocycles. The molecule has 5 nitrogen and oxygen atoms in total. The predicted molar refractivity (Wildman–Crippen MR) is 104 cm³/mol. The lowest BCUT2D eigenvalue weighted by atomic mass is 9.86. The average Bonchev–Trinajstić information content (AvgIpc) is 2.61. The molecular weight excluding hydrogens is 417 g/mol. The Kier molecular flexibility index (Phi) is 7.03. The minimum absolute atomic E-state index is 0.0806. The summed E-state index contributed by atoms with van der Waals surface area (Å²) in [5.74, 6) is -0.241. The molecule has 1 aromatic carbocycles. The van der Waals surface area contributed by atoms with Crippen molar-refractivity contribution in [3.05, 3.63) is 35.9 Å². The van der Waals surface area contributed by atoms with Crippen LogP contribution in [0.3, 0.4) is 0 Å². The van der Waals surface area contributed by atoms with E-state index in [0.29, 0.717) is 37.0 Å². The zero-order chi connectivity index (χ0) is 17.6. The number of hydrogen-bond acceptors (Lipinski definition) is 3. The summed E-state index contributed by atoms with van der Waals surface area (Å²) in [4.78, 5) is 28.6. The molecule has 1 aromatic rings. The van der Waals surface area contributed by atoms with Crippen LogP contribution in [-0.4, -0.2) is 51.2 Å². The summed E-state index contributed by atoms with van der Waals surface area (Å²) in [7, 11) is 0. The number of rotatable bonds is 7. The van der Waals surface area contributed by atoms with E-state index in [0.717, 1.165) is 18.4 Å². The summed E-state index contributed by atoms with van der Waals surface area (Å²) in [6.45, 7) is 4.50. The first-order valence-electron chi connectivity index (χ1n) is 8.46. The maximum Gasteiger partial charge on any atom is 0.239 e. The molecule has 0 aromatic heterocycles. The van der Waals surface area contributed by atoms with Gasteiger partial charge in [-0.15, -0.1) is 0 Å². The van der Waals surface area contributed by atoms with Gasteiger partial charge in [-0.05, 0) is 12.0 Å². The third kappa shape index (κ3) is 4.27. The van der Waals surface area contributed by atoms with Crippen molar-refractivity contribution in [3.8, 4) is 0 Å². The van der Waals surface area contributed by atoms with Crippen LogP contribution in [0.25, 0.3) is 0 Å². The standard InChI is InChI=1S/C18H26IN3O2/c1-2-3-9-18(17(20)24)14-21(16(23)12-19)10-11-22(18)13-15-7-5-4-6-8-15/h4-8H,2-3,9-14H2,1H3,(H2,20,24). The summed E-state index contributed by atoms with van der Waals surface area (Å²) in [5, 5.41) is 0. The van der Waals surface area contributed by atoms with E-state index in [1.807, 2.05) is 18.2 Å². The lowest BCUT2D eigenvalue weighted by Crippen LogP contribution is -2.68. The monoisotopic (exact) mass is 443 g/mol. The zero-order valence-corrected chi connectivity index (χ0v) is 16.4. The van der Waals surface area contributed by atoms with Crippen molar-refractivity contribution in [2.24, 2.45) is 5.73 Å². The first-order valence-corrected chi connectivity index (χ1v) is 9.98. The van der Waals surface area contributed by atoms with Gasteiger partial charge in [-0.25, -0.2) is 0 Å². The second-order valence-corrected chi connectivity index (χ2v) is 7.12. The molecule has 0 radical (unpaired) electrons. The number of alkyl halides is 1. The highest BCUT2D eigenvalue weighted by Gasteiger charge is 2.46. The van der Waals surface area contributed by atoms with E-state index in [2.05, 4.69) is 46.5 Å². The quantitative estimate of drug-likeness (QED) is 0.519. The Bertz CT molecular complexity index is 567. The highest BCUT2D eigenvalue weighted by Crippen LogP contribution is 2.29. The lowest BCUT2D eigenvalue weighted by molar-refractivity contribution is -0.144. The number of benzene rings is 1. The lowest BCUT2D eigenvalue weighted by Gasteiger charge is -2.49. The van der Waals surface area contributed by atoms with Gasteiger partial charge in [0.2, 0.25) is 11.8 Å². The van der Waals surface area contributed by atoms with Crippen LogP contribution in [0.15, 0.2) is 30.3 Å². The average molecular weight is 443 g/mol. The number of primary amides is 1. The molecule has 0 aliphatic carbocycles. The molecule has 24 heavy (non-hydrogen) atoms. The second kappa shape index (κ2) is 8.80. The van der Waals surface area contributed by atoms with E-state index < -0.39 is 5.54 Å². The predicted octanol–water partition coefficient (Wildman–Crippen LogP) is 2.18. The molecule has 2 amide bonds. The van der Waals surface area contributed by atoms with Crippen molar-refractivity contribution in [3.63, 3.8) is 0 Å². The third-order valence-corrected chi connectivity index (χ3v) is 5.44. The Balaban J connectivity index is 2.28. The SMILES string of the molecule is CCCCC1(C(N)=O)CN(C(=O)CI)CCN1Cc1ccccc1. The molecular formula is C18H26IN3O2. The Morgan fingerprint density at radius 3 is 2.54 bits per heavy atom. The van der Waals surface area contributed by atoms with Crippen LogP contribution < -0.4 is 5.73 Å². The number of hydrogen-bond donors (Lipinski definition) is 1. The number of carbonyl (C=O) groups is 2. The maximum atomic E-state index is 12.5. The van der Waals surface area contributed by atoms with Gasteiger partial charge in [-0.2, -0.15) is 0 Å². The highest BCUT2D eigenvalue weighted by atomic mass is 127. The Morgan fingerprint density at radius 2 is 1.96 bits per heavy atom. The van der Waals surface area contributed by atoms with E-state index in [1.165, 1.54) is 0 Å². The number of carbonyl (C=O) groups excluding carboxylic acids is 2. The minimum Gasteiger partial charge on any atom is -0.368 e. The summed E-state index contributed by atoms with van der Waals surface area (Å²) >= 11 is 2.08. The van der Waals surface area contributed by atoms with E-state index >= 15 is 0 Å². The van der Waals surface area contributed by atoms with Crippen LogP contribution in [0, 0.1) is 0 Å². The summed E-state index contributed by atoms with van der Waals surface area (Å²) < 4.78 is 0.430. The van der Waals surface area contributed by atoms with Crippen LogP contribution in [0.2, 0.25) is 0 Å². The van der Waals surface area contributed by atoms with Crippen LogP contribution in [0.5, 0.6) is 0 Å². The molecule has 0 bridgehead atoms. The fraction of sp³-hybridized carbons (Fsp3) is 0.556. The van der Waals surface area contributed by atoms with E-state index in [4.69, 9.17) is 5.73 Å². The highest BCUT2D eigenvalue weighted by molar-refractivity contribution is 14.1. The van der Waals surface area contributed by atoms with Crippen LogP contribution >= 0.6 is 22.6 Å². The van der Waals surface area contributed by atoms with Crippen molar-refractivity contribution < 1.29 is 9.59 Å². The van der Waals surface area contributed by atoms with Gasteiger partial charge in [-0.1, -0.05) is 72.7 Å². The molecule has 2 rings (SSSR count). The van der Waals surface area contributed by atoms with Crippen molar-refractivity contribution >= 4 is 34.4 Å². The van der Waals surface area contributed by atoms with Crippen molar-refractivity contribution in [1.82, 2.24) is 9.80 Å². The molecule has 1 heterocycles. The Labute approximate surface area is 157 Å². The molecule has 1 atom stereocenters. The van der Waals surface area contributed by atoms with Crippen LogP contribution in [0.4, 0.5) is 0 Å². The van der Waals surface area contributed by atoms with Crippen molar-refractivity contribution in [2.45, 2.75) is 38.3 Å². The number of amides is 2. The van der Waals surface area contributed by atoms with Crippen molar-refractivity contribution in [1.29, 1.82) is 0 Å². The third-order valence-electron chi connectivity index (χ3n) is 4.78. The Morgan fingerprint density at radius 1 is 1.25 bits per heavy atom. The Hall–Kier alpha value is -1.15. The zero-order valence-electron chi connectivity index (χ0n) is 14.2. The molecule has 6 heteroatoms. The van der Waals surface area contributed by atoms with Crippen LogP contribution in [0.1, 0.15) is 31.7 Å². The summed E-state index contributed by atoms with van der Waals surface area (Å²) in [6.07, 6.45) is 2.60. The summed E-state index contributed by atoms with van der Waals surface area (Å²) in [6, 6.07) is 10.1. The van der Waals surface area contributed by atoms with E-state index in [-0.39, 0.29) is 11.8 Å². The smallest absolute Gasteiger partial charge is 0.239 e. The van der Waals surface area contributed by atoms with Crippen molar-refractivity contribution in [2.75, 3.05) is 24.1 Å². The largest absolute Gasteiger partial charge is 0.368 e. The second-order valence-electron chi connectivity index (χ2n) is 6.36. The van der Waals surface area contributed by atoms with E-state index in [9.17, 15) is 9.59 Å². The number of halogens is 1. The molecule has 1 fully saturated rings. The molecule has 1 unspecified atom stereocenters. The van der Waals surface area contributed by atoms with Gasteiger partial charge in [0.05, 0.1) is 4.43 Å². The molecule has 1 saturated heterocycles. The summed E-state index contributed by atoms with van der Waals surface area (Å²) in [5.41, 5.74) is 6.26. The fourth-order valence-corrected chi connectivity index (χ4v) is 3.83. The van der Waals surface area contributed by atoms with Crippen LogP contribution in [-0.2, 0) is 16.1 Å². The first kappa shape index (κ1) is 19.2. The van der Waals surface area contributed by atoms with E-state index in [1.54, 1.807) is 4.90 Å². The first-order chi connectivity index (χ1) is 11.5. The fourth-order valence-electron chi connectivity index (χ4n) is 3.35. The normalized spacial score (nSPS) is 21.7. The maximum absolute atomic E-state index is 12.5.